The molecule has 0 spiro atoms. The molecule has 0 saturated carbocycles. The van der Waals surface area contributed by atoms with E-state index in [0.717, 1.165) is 11.1 Å². The number of aliphatic hydroxyl groups is 1. The fourth-order valence-electron chi connectivity index (χ4n) is 4.83. The molecule has 3 aromatic carbocycles. The number of aliphatic hydroxyl groups excluding tert-OH is 1. The van der Waals surface area contributed by atoms with Crippen LogP contribution in [0.5, 0.6) is 17.2 Å². The van der Waals surface area contributed by atoms with Crippen LogP contribution in [0.15, 0.2) is 72.3 Å². The van der Waals surface area contributed by atoms with Gasteiger partial charge in [-0.05, 0) is 65.9 Å². The van der Waals surface area contributed by atoms with Gasteiger partial charge in [0.1, 0.15) is 23.0 Å². The molecule has 1 N–H and O–H groups in total. The van der Waals surface area contributed by atoms with E-state index < -0.39 is 17.7 Å². The first-order valence-corrected chi connectivity index (χ1v) is 12.9. The van der Waals surface area contributed by atoms with Gasteiger partial charge in [0, 0.05) is 17.7 Å². The van der Waals surface area contributed by atoms with Gasteiger partial charge in [0.05, 0.1) is 32.4 Å². The first-order valence-electron chi connectivity index (χ1n) is 12.9. The number of carbonyl (C=O) groups excluding carboxylic acids is 2. The smallest absolute Gasteiger partial charge is 0.295 e. The second-order valence-corrected chi connectivity index (χ2v) is 10.4. The fourth-order valence-corrected chi connectivity index (χ4v) is 4.83. The Labute approximate surface area is 229 Å². The van der Waals surface area contributed by atoms with Crippen LogP contribution in [0.3, 0.4) is 0 Å². The highest BCUT2D eigenvalue weighted by Crippen LogP contribution is 2.42. The number of methoxy groups -OCH3 is 2. The number of rotatable bonds is 8. The minimum atomic E-state index is -0.789. The molecule has 0 aromatic heterocycles. The Morgan fingerprint density at radius 2 is 1.54 bits per heavy atom. The number of likely N-dealkylation sites (tertiary alicyclic amines) is 1. The lowest BCUT2D eigenvalue weighted by molar-refractivity contribution is -0.140. The first-order chi connectivity index (χ1) is 18.6. The molecule has 0 aliphatic carbocycles. The topological polar surface area (TPSA) is 85.3 Å². The van der Waals surface area contributed by atoms with E-state index in [2.05, 4.69) is 0 Å². The van der Waals surface area contributed by atoms with Crippen molar-refractivity contribution in [1.82, 2.24) is 4.90 Å². The number of nitrogens with zero attached hydrogens (tertiary/aromatic N) is 1. The Hall–Kier alpha value is -4.26. The second-order valence-electron chi connectivity index (χ2n) is 10.4. The summed E-state index contributed by atoms with van der Waals surface area (Å²) in [5, 5.41) is 11.6. The molecule has 1 unspecified atom stereocenters. The van der Waals surface area contributed by atoms with Crippen molar-refractivity contribution in [3.05, 3.63) is 94.6 Å². The minimum Gasteiger partial charge on any atom is -0.507 e. The van der Waals surface area contributed by atoms with E-state index in [-0.39, 0.29) is 23.3 Å². The zero-order chi connectivity index (χ0) is 28.3. The van der Waals surface area contributed by atoms with Crippen LogP contribution in [0.1, 0.15) is 56.0 Å². The van der Waals surface area contributed by atoms with E-state index >= 15 is 0 Å². The summed E-state index contributed by atoms with van der Waals surface area (Å²) in [6.45, 7) is 8.73. The quantitative estimate of drug-likeness (QED) is 0.218. The van der Waals surface area contributed by atoms with Crippen molar-refractivity contribution in [1.29, 1.82) is 0 Å². The summed E-state index contributed by atoms with van der Waals surface area (Å²) in [6, 6.07) is 19.1. The van der Waals surface area contributed by atoms with Crippen LogP contribution in [0.25, 0.3) is 5.76 Å². The normalized spacial score (nSPS) is 16.9. The van der Waals surface area contributed by atoms with Crippen LogP contribution in [0.4, 0.5) is 0 Å². The van der Waals surface area contributed by atoms with E-state index in [0.29, 0.717) is 35.0 Å². The van der Waals surface area contributed by atoms with Gasteiger partial charge in [-0.1, -0.05) is 45.0 Å². The highest BCUT2D eigenvalue weighted by atomic mass is 16.5. The van der Waals surface area contributed by atoms with Crippen molar-refractivity contribution >= 4 is 17.4 Å². The van der Waals surface area contributed by atoms with Crippen molar-refractivity contribution < 1.29 is 28.9 Å². The van der Waals surface area contributed by atoms with E-state index in [4.69, 9.17) is 14.2 Å². The van der Waals surface area contributed by atoms with Gasteiger partial charge in [-0.2, -0.15) is 0 Å². The molecule has 4 rings (SSSR count). The van der Waals surface area contributed by atoms with Gasteiger partial charge in [0.25, 0.3) is 11.7 Å². The average Bonchev–Trinajstić information content (AvgIpc) is 3.17. The molecular formula is C32H35NO6. The van der Waals surface area contributed by atoms with Crippen molar-refractivity contribution in [2.75, 3.05) is 20.8 Å². The molecule has 1 heterocycles. The lowest BCUT2D eigenvalue weighted by Gasteiger charge is -2.26. The summed E-state index contributed by atoms with van der Waals surface area (Å²) in [5.41, 5.74) is 2.60. The third-order valence-electron chi connectivity index (χ3n) is 6.84. The largest absolute Gasteiger partial charge is 0.507 e. The molecule has 0 radical (unpaired) electrons. The molecule has 1 atom stereocenters. The van der Waals surface area contributed by atoms with Gasteiger partial charge in [0.2, 0.25) is 0 Å². The summed E-state index contributed by atoms with van der Waals surface area (Å²) in [5.74, 6) is 0.430. The van der Waals surface area contributed by atoms with Crippen molar-refractivity contribution in [2.45, 2.75) is 45.7 Å². The number of hydrogen-bond donors (Lipinski definition) is 1. The molecular weight excluding hydrogens is 494 g/mol. The third-order valence-corrected chi connectivity index (χ3v) is 6.84. The van der Waals surface area contributed by atoms with Gasteiger partial charge in [-0.25, -0.2) is 0 Å². The van der Waals surface area contributed by atoms with Crippen LogP contribution in [0, 0.1) is 0 Å². The SMILES string of the molecule is CCOc1ccc(C2/C(=C(/O)c3ccc(OC)c(C(C)(C)C)c3)C(=O)C(=O)N2Cc2ccc(OC)cc2)cc1. The number of ketones is 1. The maximum atomic E-state index is 13.5. The predicted molar refractivity (Wildman–Crippen MR) is 150 cm³/mol. The summed E-state index contributed by atoms with van der Waals surface area (Å²) in [7, 11) is 3.18. The van der Waals surface area contributed by atoms with E-state index in [1.807, 2.05) is 70.2 Å². The highest BCUT2D eigenvalue weighted by Gasteiger charge is 2.46. The first kappa shape index (κ1) is 27.8. The Balaban J connectivity index is 1.86. The Kier molecular flexibility index (Phi) is 8.00. The van der Waals surface area contributed by atoms with Gasteiger partial charge in [0.15, 0.2) is 0 Å². The summed E-state index contributed by atoms with van der Waals surface area (Å²) in [4.78, 5) is 28.4. The molecule has 3 aromatic rings. The molecule has 1 aliphatic rings. The lowest BCUT2D eigenvalue weighted by Crippen LogP contribution is -2.29. The third kappa shape index (κ3) is 5.62. The maximum Gasteiger partial charge on any atom is 0.295 e. The van der Waals surface area contributed by atoms with Crippen molar-refractivity contribution in [3.63, 3.8) is 0 Å². The molecule has 7 nitrogen and oxygen atoms in total. The molecule has 1 saturated heterocycles. The minimum absolute atomic E-state index is 0.0442. The van der Waals surface area contributed by atoms with Crippen LogP contribution in [-0.2, 0) is 21.5 Å². The molecule has 1 aliphatic heterocycles. The van der Waals surface area contributed by atoms with Crippen LogP contribution in [-0.4, -0.2) is 42.5 Å². The number of benzene rings is 3. The number of amides is 1. The Bertz CT molecular complexity index is 1380. The van der Waals surface area contributed by atoms with Gasteiger partial charge >= 0.3 is 0 Å². The zero-order valence-corrected chi connectivity index (χ0v) is 23.3. The number of ether oxygens (including phenoxy) is 3. The summed E-state index contributed by atoms with van der Waals surface area (Å²) >= 11 is 0. The van der Waals surface area contributed by atoms with Crippen LogP contribution < -0.4 is 14.2 Å². The second kappa shape index (κ2) is 11.2. The standard InChI is InChI=1S/C32H35NO6/c1-7-39-24-15-10-21(11-16-24)28-27(29(34)22-12-17-26(38-6)25(18-22)32(2,3)4)30(35)31(36)33(28)19-20-8-13-23(37-5)14-9-20/h8-18,28,34H,7,19H2,1-6H3/b29-27-. The predicted octanol–water partition coefficient (Wildman–Crippen LogP) is 6.02. The van der Waals surface area contributed by atoms with Gasteiger partial charge < -0.3 is 24.2 Å². The summed E-state index contributed by atoms with van der Waals surface area (Å²) in [6.07, 6.45) is 0. The molecule has 7 heteroatoms. The van der Waals surface area contributed by atoms with Crippen LogP contribution in [0.2, 0.25) is 0 Å². The maximum absolute atomic E-state index is 13.5. The van der Waals surface area contributed by atoms with Gasteiger partial charge in [-0.15, -0.1) is 0 Å². The molecule has 39 heavy (non-hydrogen) atoms. The Morgan fingerprint density at radius 3 is 2.10 bits per heavy atom. The van der Waals surface area contributed by atoms with Crippen molar-refractivity contribution in [3.8, 4) is 17.2 Å². The number of hydrogen-bond acceptors (Lipinski definition) is 6. The number of Topliss-reactive ketones (excluding diaryl/α,β-unsaturated/α-hetero) is 1. The highest BCUT2D eigenvalue weighted by molar-refractivity contribution is 6.46. The van der Waals surface area contributed by atoms with E-state index in [1.165, 1.54) is 4.90 Å². The number of carbonyl (C=O) groups is 2. The molecule has 204 valence electrons. The van der Waals surface area contributed by atoms with Crippen molar-refractivity contribution in [2.24, 2.45) is 0 Å². The fraction of sp³-hybridized carbons (Fsp3) is 0.312. The summed E-state index contributed by atoms with van der Waals surface area (Å²) < 4.78 is 16.4. The van der Waals surface area contributed by atoms with Gasteiger partial charge in [-0.3, -0.25) is 9.59 Å². The average molecular weight is 530 g/mol. The Morgan fingerprint density at radius 1 is 0.897 bits per heavy atom. The zero-order valence-electron chi connectivity index (χ0n) is 23.3. The van der Waals surface area contributed by atoms with E-state index in [9.17, 15) is 14.7 Å². The molecule has 0 bridgehead atoms. The molecule has 1 fully saturated rings. The lowest BCUT2D eigenvalue weighted by atomic mass is 9.84. The van der Waals surface area contributed by atoms with E-state index in [1.54, 1.807) is 38.5 Å². The van der Waals surface area contributed by atoms with Crippen LogP contribution >= 0.6 is 0 Å². The molecule has 1 amide bonds. The monoisotopic (exact) mass is 529 g/mol.